The molecule has 1 heterocycles. The van der Waals surface area contributed by atoms with Crippen molar-refractivity contribution in [1.82, 2.24) is 4.90 Å². The summed E-state index contributed by atoms with van der Waals surface area (Å²) in [5.74, 6) is 0.350. The summed E-state index contributed by atoms with van der Waals surface area (Å²) in [6.45, 7) is 2.03. The van der Waals surface area contributed by atoms with E-state index in [1.165, 1.54) is 24.6 Å². The predicted octanol–water partition coefficient (Wildman–Crippen LogP) is 4.14. The SMILES string of the molecule is O=C(CSC(=Nc1ccccc1)N1CCCC1)Nc1ccccc1. The number of aliphatic imine (C=N–C) groups is 1. The summed E-state index contributed by atoms with van der Waals surface area (Å²) in [7, 11) is 0. The molecular weight excluding hydrogens is 318 g/mol. The van der Waals surface area contributed by atoms with Gasteiger partial charge in [0.05, 0.1) is 11.4 Å². The maximum atomic E-state index is 12.2. The smallest absolute Gasteiger partial charge is 0.234 e. The Hall–Kier alpha value is -2.27. The van der Waals surface area contributed by atoms with Gasteiger partial charge in [0.1, 0.15) is 0 Å². The Morgan fingerprint density at radius 1 is 1.00 bits per heavy atom. The number of nitrogens with one attached hydrogen (secondary N) is 1. The average molecular weight is 339 g/mol. The van der Waals surface area contributed by atoms with E-state index in [-0.39, 0.29) is 5.91 Å². The van der Waals surface area contributed by atoms with E-state index < -0.39 is 0 Å². The summed E-state index contributed by atoms with van der Waals surface area (Å²) in [6, 6.07) is 19.5. The van der Waals surface area contributed by atoms with Crippen molar-refractivity contribution in [3.05, 3.63) is 60.7 Å². The molecule has 4 nitrogen and oxygen atoms in total. The highest BCUT2D eigenvalue weighted by molar-refractivity contribution is 8.14. The number of carbonyl (C=O) groups is 1. The van der Waals surface area contributed by atoms with Crippen LogP contribution in [0.15, 0.2) is 65.7 Å². The van der Waals surface area contributed by atoms with Crippen molar-refractivity contribution < 1.29 is 4.79 Å². The summed E-state index contributed by atoms with van der Waals surface area (Å²) in [4.78, 5) is 19.2. The van der Waals surface area contributed by atoms with Crippen LogP contribution in [0, 0.1) is 0 Å². The fraction of sp³-hybridized carbons (Fsp3) is 0.263. The number of amidine groups is 1. The number of thioether (sulfide) groups is 1. The zero-order valence-electron chi connectivity index (χ0n) is 13.5. The number of likely N-dealkylation sites (tertiary alicyclic amines) is 1. The summed E-state index contributed by atoms with van der Waals surface area (Å²) in [5, 5.41) is 3.85. The van der Waals surface area contributed by atoms with Crippen LogP contribution in [0.5, 0.6) is 0 Å². The van der Waals surface area contributed by atoms with Crippen LogP contribution >= 0.6 is 11.8 Å². The fourth-order valence-corrected chi connectivity index (χ4v) is 3.43. The van der Waals surface area contributed by atoms with Gasteiger partial charge in [0, 0.05) is 18.8 Å². The number of rotatable bonds is 4. The minimum absolute atomic E-state index is 0.00819. The lowest BCUT2D eigenvalue weighted by molar-refractivity contribution is -0.113. The van der Waals surface area contributed by atoms with Crippen LogP contribution in [-0.2, 0) is 4.79 Å². The molecule has 2 aromatic carbocycles. The van der Waals surface area contributed by atoms with Crippen LogP contribution in [0.3, 0.4) is 0 Å². The molecule has 1 N–H and O–H groups in total. The monoisotopic (exact) mass is 339 g/mol. The molecule has 0 bridgehead atoms. The van der Waals surface area contributed by atoms with Crippen molar-refractivity contribution in [1.29, 1.82) is 0 Å². The lowest BCUT2D eigenvalue weighted by atomic mass is 10.3. The van der Waals surface area contributed by atoms with Crippen molar-refractivity contribution in [2.45, 2.75) is 12.8 Å². The van der Waals surface area contributed by atoms with Gasteiger partial charge in [-0.15, -0.1) is 0 Å². The Morgan fingerprint density at radius 3 is 2.29 bits per heavy atom. The Bertz CT molecular complexity index is 682. The van der Waals surface area contributed by atoms with Crippen LogP contribution < -0.4 is 5.32 Å². The molecule has 3 rings (SSSR count). The molecule has 2 aromatic rings. The lowest BCUT2D eigenvalue weighted by Crippen LogP contribution is -2.27. The molecule has 1 aliphatic heterocycles. The van der Waals surface area contributed by atoms with Crippen molar-refractivity contribution in [2.75, 3.05) is 24.2 Å². The van der Waals surface area contributed by atoms with Crippen molar-refractivity contribution >= 4 is 34.2 Å². The number of anilines is 1. The van der Waals surface area contributed by atoms with E-state index in [1.54, 1.807) is 0 Å². The summed E-state index contributed by atoms with van der Waals surface area (Å²) >= 11 is 1.50. The Labute approximate surface area is 147 Å². The van der Waals surface area contributed by atoms with Gasteiger partial charge < -0.3 is 10.2 Å². The Kier molecular flexibility index (Phi) is 5.90. The third kappa shape index (κ3) is 4.86. The fourth-order valence-electron chi connectivity index (χ4n) is 2.56. The first-order valence-electron chi connectivity index (χ1n) is 8.18. The van der Waals surface area contributed by atoms with E-state index in [0.717, 1.165) is 29.6 Å². The van der Waals surface area contributed by atoms with Crippen LogP contribution in [0.25, 0.3) is 0 Å². The first-order chi connectivity index (χ1) is 11.8. The first-order valence-corrected chi connectivity index (χ1v) is 9.16. The molecule has 24 heavy (non-hydrogen) atoms. The summed E-state index contributed by atoms with van der Waals surface area (Å²) in [6.07, 6.45) is 2.37. The molecule has 0 unspecified atom stereocenters. The third-order valence-corrected chi connectivity index (χ3v) is 4.76. The standard InChI is InChI=1S/C19H21N3OS/c23-18(20-16-9-3-1-4-10-16)15-24-19(22-13-7-8-14-22)21-17-11-5-2-6-12-17/h1-6,9-12H,7-8,13-15H2,(H,20,23). The van der Waals surface area contributed by atoms with Crippen LogP contribution in [0.2, 0.25) is 0 Å². The minimum Gasteiger partial charge on any atom is -0.351 e. The van der Waals surface area contributed by atoms with Gasteiger partial charge in [-0.25, -0.2) is 4.99 Å². The number of hydrogen-bond acceptors (Lipinski definition) is 3. The molecule has 0 saturated carbocycles. The predicted molar refractivity (Wildman–Crippen MR) is 102 cm³/mol. The molecule has 0 radical (unpaired) electrons. The van der Waals surface area contributed by atoms with Crippen LogP contribution in [-0.4, -0.2) is 34.8 Å². The molecule has 1 aliphatic rings. The Morgan fingerprint density at radius 2 is 1.62 bits per heavy atom. The van der Waals surface area contributed by atoms with Crippen molar-refractivity contribution in [3.63, 3.8) is 0 Å². The van der Waals surface area contributed by atoms with E-state index in [0.29, 0.717) is 5.75 Å². The molecule has 1 amide bonds. The van der Waals surface area contributed by atoms with Gasteiger partial charge in [0.25, 0.3) is 0 Å². The quantitative estimate of drug-likeness (QED) is 0.672. The molecule has 1 saturated heterocycles. The largest absolute Gasteiger partial charge is 0.351 e. The highest BCUT2D eigenvalue weighted by atomic mass is 32.2. The van der Waals surface area contributed by atoms with E-state index in [1.807, 2.05) is 60.7 Å². The van der Waals surface area contributed by atoms with E-state index in [2.05, 4.69) is 10.2 Å². The molecule has 1 fully saturated rings. The molecule has 5 heteroatoms. The zero-order valence-corrected chi connectivity index (χ0v) is 14.3. The maximum Gasteiger partial charge on any atom is 0.234 e. The van der Waals surface area contributed by atoms with E-state index in [9.17, 15) is 4.79 Å². The van der Waals surface area contributed by atoms with Gasteiger partial charge in [0.2, 0.25) is 5.91 Å². The lowest BCUT2D eigenvalue weighted by Gasteiger charge is -2.19. The normalized spacial score (nSPS) is 14.7. The minimum atomic E-state index is -0.00819. The highest BCUT2D eigenvalue weighted by Gasteiger charge is 2.18. The molecule has 0 aromatic heterocycles. The van der Waals surface area contributed by atoms with Gasteiger partial charge in [-0.05, 0) is 37.1 Å². The molecule has 0 aliphatic carbocycles. The van der Waals surface area contributed by atoms with E-state index >= 15 is 0 Å². The molecule has 124 valence electrons. The molecule has 0 spiro atoms. The first kappa shape index (κ1) is 16.6. The second kappa shape index (κ2) is 8.55. The van der Waals surface area contributed by atoms with Crippen LogP contribution in [0.1, 0.15) is 12.8 Å². The molecular formula is C19H21N3OS. The third-order valence-electron chi connectivity index (χ3n) is 3.75. The van der Waals surface area contributed by atoms with Crippen molar-refractivity contribution in [3.8, 4) is 0 Å². The van der Waals surface area contributed by atoms with Gasteiger partial charge in [-0.2, -0.15) is 0 Å². The summed E-state index contributed by atoms with van der Waals surface area (Å²) in [5.41, 5.74) is 1.75. The average Bonchev–Trinajstić information content (AvgIpc) is 3.15. The highest BCUT2D eigenvalue weighted by Crippen LogP contribution is 2.21. The number of carbonyl (C=O) groups excluding carboxylic acids is 1. The summed E-state index contributed by atoms with van der Waals surface area (Å²) < 4.78 is 0. The number of nitrogens with zero attached hydrogens (tertiary/aromatic N) is 2. The van der Waals surface area contributed by atoms with E-state index in [4.69, 9.17) is 4.99 Å². The second-order valence-electron chi connectivity index (χ2n) is 5.63. The maximum absolute atomic E-state index is 12.2. The number of para-hydroxylation sites is 2. The van der Waals surface area contributed by atoms with Gasteiger partial charge in [0.15, 0.2) is 5.17 Å². The van der Waals surface area contributed by atoms with Gasteiger partial charge >= 0.3 is 0 Å². The van der Waals surface area contributed by atoms with Crippen LogP contribution in [0.4, 0.5) is 11.4 Å². The Balaban J connectivity index is 1.63. The van der Waals surface area contributed by atoms with Gasteiger partial charge in [-0.3, -0.25) is 4.79 Å². The number of benzene rings is 2. The topological polar surface area (TPSA) is 44.7 Å². The number of hydrogen-bond donors (Lipinski definition) is 1. The van der Waals surface area contributed by atoms with Crippen molar-refractivity contribution in [2.24, 2.45) is 4.99 Å². The molecule has 0 atom stereocenters. The number of amides is 1. The van der Waals surface area contributed by atoms with Gasteiger partial charge in [-0.1, -0.05) is 48.2 Å². The zero-order chi connectivity index (χ0) is 16.6. The second-order valence-corrected chi connectivity index (χ2v) is 6.57.